The number of carbonyl (C=O) groups is 1. The van der Waals surface area contributed by atoms with Gasteiger partial charge in [0, 0.05) is 44.7 Å². The van der Waals surface area contributed by atoms with E-state index < -0.39 is 0 Å². The van der Waals surface area contributed by atoms with Gasteiger partial charge in [0.05, 0.1) is 0 Å². The van der Waals surface area contributed by atoms with Gasteiger partial charge in [0.15, 0.2) is 0 Å². The minimum Gasteiger partial charge on any atom is -0.355 e. The number of rotatable bonds is 3. The van der Waals surface area contributed by atoms with Gasteiger partial charge in [0.1, 0.15) is 5.82 Å². The number of carbonyl (C=O) groups excluding carboxylic acids is 1. The Morgan fingerprint density at radius 2 is 2.22 bits per heavy atom. The molecule has 5 heteroatoms. The minimum absolute atomic E-state index is 0.0965. The van der Waals surface area contributed by atoms with Crippen LogP contribution in [0.4, 0.5) is 4.39 Å². The third kappa shape index (κ3) is 3.27. The molecule has 0 atom stereocenters. The van der Waals surface area contributed by atoms with Crippen LogP contribution in [0.3, 0.4) is 0 Å². The zero-order valence-electron chi connectivity index (χ0n) is 10.3. The molecule has 18 heavy (non-hydrogen) atoms. The summed E-state index contributed by atoms with van der Waals surface area (Å²) in [7, 11) is 0. The van der Waals surface area contributed by atoms with Crippen molar-refractivity contribution in [3.63, 3.8) is 0 Å². The first-order valence-electron chi connectivity index (χ1n) is 6.15. The van der Waals surface area contributed by atoms with Crippen molar-refractivity contribution in [2.45, 2.75) is 19.5 Å². The quantitative estimate of drug-likeness (QED) is 0.827. The Balaban J connectivity index is 2.02. The molecule has 3 N–H and O–H groups in total. The normalized spacial score (nSPS) is 17.3. The van der Waals surface area contributed by atoms with Crippen LogP contribution in [0.15, 0.2) is 18.2 Å². The highest BCUT2D eigenvalue weighted by Crippen LogP contribution is 2.12. The Morgan fingerprint density at radius 1 is 1.39 bits per heavy atom. The van der Waals surface area contributed by atoms with Gasteiger partial charge in [-0.15, -0.1) is 0 Å². The standard InChI is InChI=1S/C13H18FN3O/c14-12-2-1-10(7-11(12)8-15)9-17-5-3-13(18)16-4-6-17/h1-2,7H,3-6,8-9,15H2,(H,16,18). The van der Waals surface area contributed by atoms with E-state index >= 15 is 0 Å². The Hall–Kier alpha value is -1.46. The molecule has 0 radical (unpaired) electrons. The lowest BCUT2D eigenvalue weighted by molar-refractivity contribution is -0.120. The van der Waals surface area contributed by atoms with Crippen LogP contribution >= 0.6 is 0 Å². The molecule has 4 nitrogen and oxygen atoms in total. The number of amides is 1. The Morgan fingerprint density at radius 3 is 3.00 bits per heavy atom. The fourth-order valence-electron chi connectivity index (χ4n) is 2.11. The largest absolute Gasteiger partial charge is 0.355 e. The van der Waals surface area contributed by atoms with Crippen LogP contribution in [0.1, 0.15) is 17.5 Å². The van der Waals surface area contributed by atoms with Gasteiger partial charge in [0.25, 0.3) is 0 Å². The Kier molecular flexibility index (Phi) is 4.28. The smallest absolute Gasteiger partial charge is 0.221 e. The lowest BCUT2D eigenvalue weighted by atomic mass is 10.1. The van der Waals surface area contributed by atoms with Crippen molar-refractivity contribution in [1.29, 1.82) is 0 Å². The number of halogens is 1. The lowest BCUT2D eigenvalue weighted by Crippen LogP contribution is -2.28. The number of nitrogens with zero attached hydrogens (tertiary/aromatic N) is 1. The second-order valence-corrected chi connectivity index (χ2v) is 4.51. The zero-order valence-corrected chi connectivity index (χ0v) is 10.3. The summed E-state index contributed by atoms with van der Waals surface area (Å²) in [5.41, 5.74) is 7.06. The molecule has 1 aromatic rings. The zero-order chi connectivity index (χ0) is 13.0. The summed E-state index contributed by atoms with van der Waals surface area (Å²) in [6, 6.07) is 5.03. The first-order chi connectivity index (χ1) is 8.69. The van der Waals surface area contributed by atoms with Gasteiger partial charge in [-0.25, -0.2) is 4.39 Å². The third-order valence-electron chi connectivity index (χ3n) is 3.14. The van der Waals surface area contributed by atoms with Crippen LogP contribution in [0.25, 0.3) is 0 Å². The first-order valence-corrected chi connectivity index (χ1v) is 6.15. The highest BCUT2D eigenvalue weighted by Gasteiger charge is 2.13. The highest BCUT2D eigenvalue weighted by molar-refractivity contribution is 5.76. The minimum atomic E-state index is -0.256. The summed E-state index contributed by atoms with van der Waals surface area (Å²) in [5, 5.41) is 2.83. The molecule has 0 saturated carbocycles. The fraction of sp³-hybridized carbons (Fsp3) is 0.462. The first kappa shape index (κ1) is 13.0. The number of nitrogens with two attached hydrogens (primary N) is 1. The van der Waals surface area contributed by atoms with Crippen LogP contribution in [0.2, 0.25) is 0 Å². The molecule has 1 saturated heterocycles. The second-order valence-electron chi connectivity index (χ2n) is 4.51. The molecule has 2 rings (SSSR count). The number of hydrogen-bond acceptors (Lipinski definition) is 3. The van der Waals surface area contributed by atoms with Gasteiger partial charge in [-0.05, 0) is 11.6 Å². The molecule has 1 aliphatic rings. The molecule has 0 bridgehead atoms. The van der Waals surface area contributed by atoms with E-state index in [2.05, 4.69) is 10.2 Å². The maximum atomic E-state index is 13.3. The van der Waals surface area contributed by atoms with Crippen LogP contribution in [0, 0.1) is 5.82 Å². The van der Waals surface area contributed by atoms with Crippen LogP contribution in [-0.4, -0.2) is 30.4 Å². The van der Waals surface area contributed by atoms with Crippen LogP contribution in [-0.2, 0) is 17.9 Å². The summed E-state index contributed by atoms with van der Waals surface area (Å²) in [6.07, 6.45) is 0.519. The molecule has 0 aromatic heterocycles. The van der Waals surface area contributed by atoms with E-state index in [1.54, 1.807) is 12.1 Å². The highest BCUT2D eigenvalue weighted by atomic mass is 19.1. The van der Waals surface area contributed by atoms with Gasteiger partial charge in [0.2, 0.25) is 5.91 Å². The summed E-state index contributed by atoms with van der Waals surface area (Å²) in [5.74, 6) is -0.159. The van der Waals surface area contributed by atoms with Crippen molar-refractivity contribution in [2.24, 2.45) is 5.73 Å². The van der Waals surface area contributed by atoms with Crippen LogP contribution in [0.5, 0.6) is 0 Å². The molecular weight excluding hydrogens is 233 g/mol. The number of nitrogens with one attached hydrogen (secondary N) is 1. The maximum Gasteiger partial charge on any atom is 0.221 e. The van der Waals surface area contributed by atoms with E-state index in [1.165, 1.54) is 6.07 Å². The van der Waals surface area contributed by atoms with E-state index in [-0.39, 0.29) is 18.3 Å². The van der Waals surface area contributed by atoms with E-state index in [9.17, 15) is 9.18 Å². The molecule has 1 heterocycles. The predicted octanol–water partition coefficient (Wildman–Crippen LogP) is 0.606. The van der Waals surface area contributed by atoms with Gasteiger partial charge < -0.3 is 11.1 Å². The Bertz CT molecular complexity index is 436. The monoisotopic (exact) mass is 251 g/mol. The number of benzene rings is 1. The molecule has 1 amide bonds. The molecule has 0 spiro atoms. The Labute approximate surface area is 106 Å². The van der Waals surface area contributed by atoms with Crippen molar-refractivity contribution >= 4 is 5.91 Å². The van der Waals surface area contributed by atoms with Crippen molar-refractivity contribution in [3.8, 4) is 0 Å². The average molecular weight is 251 g/mol. The number of hydrogen-bond donors (Lipinski definition) is 2. The molecule has 0 unspecified atom stereocenters. The third-order valence-corrected chi connectivity index (χ3v) is 3.14. The molecular formula is C13H18FN3O. The van der Waals surface area contributed by atoms with E-state index in [1.807, 2.05) is 0 Å². The molecule has 1 aromatic carbocycles. The van der Waals surface area contributed by atoms with E-state index in [4.69, 9.17) is 5.73 Å². The summed E-state index contributed by atoms with van der Waals surface area (Å²) in [6.45, 7) is 3.16. The lowest BCUT2D eigenvalue weighted by Gasteiger charge is -2.19. The topological polar surface area (TPSA) is 58.4 Å². The molecule has 1 aliphatic heterocycles. The van der Waals surface area contributed by atoms with Gasteiger partial charge >= 0.3 is 0 Å². The van der Waals surface area contributed by atoms with Crippen molar-refractivity contribution in [1.82, 2.24) is 10.2 Å². The van der Waals surface area contributed by atoms with Gasteiger partial charge in [-0.2, -0.15) is 0 Å². The van der Waals surface area contributed by atoms with Crippen molar-refractivity contribution < 1.29 is 9.18 Å². The van der Waals surface area contributed by atoms with Gasteiger partial charge in [-0.3, -0.25) is 9.69 Å². The van der Waals surface area contributed by atoms with Gasteiger partial charge in [-0.1, -0.05) is 12.1 Å². The van der Waals surface area contributed by atoms with E-state index in [0.29, 0.717) is 18.5 Å². The molecule has 98 valence electrons. The fourth-order valence-corrected chi connectivity index (χ4v) is 2.11. The average Bonchev–Trinajstić information content (AvgIpc) is 2.57. The summed E-state index contributed by atoms with van der Waals surface area (Å²) in [4.78, 5) is 13.4. The summed E-state index contributed by atoms with van der Waals surface area (Å²) >= 11 is 0. The molecule has 1 fully saturated rings. The van der Waals surface area contributed by atoms with Crippen molar-refractivity contribution in [3.05, 3.63) is 35.1 Å². The maximum absolute atomic E-state index is 13.3. The van der Waals surface area contributed by atoms with E-state index in [0.717, 1.165) is 25.2 Å². The summed E-state index contributed by atoms with van der Waals surface area (Å²) < 4.78 is 13.3. The second kappa shape index (κ2) is 5.93. The SMILES string of the molecule is NCc1cc(CN2CCNC(=O)CC2)ccc1F. The van der Waals surface area contributed by atoms with Crippen LogP contribution < -0.4 is 11.1 Å². The predicted molar refractivity (Wildman–Crippen MR) is 67.2 cm³/mol. The van der Waals surface area contributed by atoms with Crippen molar-refractivity contribution in [2.75, 3.05) is 19.6 Å². The molecule has 0 aliphatic carbocycles.